The van der Waals surface area contributed by atoms with Crippen LogP contribution in [0.5, 0.6) is 11.5 Å². The molecule has 4 heteroatoms. The van der Waals surface area contributed by atoms with Crippen molar-refractivity contribution in [1.82, 2.24) is 5.32 Å². The molecule has 1 fully saturated rings. The van der Waals surface area contributed by atoms with E-state index >= 15 is 0 Å². The molecule has 1 atom stereocenters. The van der Waals surface area contributed by atoms with Crippen molar-refractivity contribution in [3.63, 3.8) is 0 Å². The standard InChI is InChI=1S/C14H20FNO2/c1-17-13-7-10(6-12-4-3-5-16-12)11(9-15)8-14(13)18-2/h7-8,12,16H,3-6,9H2,1-2H3. The molecule has 100 valence electrons. The molecule has 1 heterocycles. The highest BCUT2D eigenvalue weighted by molar-refractivity contribution is 5.47. The van der Waals surface area contributed by atoms with E-state index in [-0.39, 0.29) is 0 Å². The van der Waals surface area contributed by atoms with Gasteiger partial charge in [0.05, 0.1) is 14.2 Å². The zero-order chi connectivity index (χ0) is 13.0. The summed E-state index contributed by atoms with van der Waals surface area (Å²) >= 11 is 0. The van der Waals surface area contributed by atoms with Crippen LogP contribution >= 0.6 is 0 Å². The summed E-state index contributed by atoms with van der Waals surface area (Å²) in [6.45, 7) is 0.589. The lowest BCUT2D eigenvalue weighted by Gasteiger charge is -2.16. The molecule has 18 heavy (non-hydrogen) atoms. The number of nitrogens with one attached hydrogen (secondary N) is 1. The summed E-state index contributed by atoms with van der Waals surface area (Å²) in [7, 11) is 3.17. The first-order valence-corrected chi connectivity index (χ1v) is 6.31. The molecule has 2 rings (SSSR count). The minimum Gasteiger partial charge on any atom is -0.493 e. The molecule has 3 nitrogen and oxygen atoms in total. The van der Waals surface area contributed by atoms with Crippen LogP contribution in [0.25, 0.3) is 0 Å². The molecule has 0 aliphatic carbocycles. The summed E-state index contributed by atoms with van der Waals surface area (Å²) in [5.41, 5.74) is 1.70. The lowest BCUT2D eigenvalue weighted by atomic mass is 9.99. The Morgan fingerprint density at radius 3 is 2.39 bits per heavy atom. The summed E-state index contributed by atoms with van der Waals surface area (Å²) in [5.74, 6) is 1.26. The Balaban J connectivity index is 2.26. The highest BCUT2D eigenvalue weighted by Crippen LogP contribution is 2.32. The number of alkyl halides is 1. The average molecular weight is 253 g/mol. The Morgan fingerprint density at radius 1 is 1.22 bits per heavy atom. The van der Waals surface area contributed by atoms with Gasteiger partial charge in [0.15, 0.2) is 11.5 Å². The van der Waals surface area contributed by atoms with Crippen molar-refractivity contribution < 1.29 is 13.9 Å². The maximum absolute atomic E-state index is 13.1. The van der Waals surface area contributed by atoms with E-state index in [0.29, 0.717) is 23.1 Å². The normalized spacial score (nSPS) is 18.9. The molecule has 0 bridgehead atoms. The second-order valence-electron chi connectivity index (χ2n) is 4.61. The van der Waals surface area contributed by atoms with E-state index in [1.165, 1.54) is 6.42 Å². The van der Waals surface area contributed by atoms with Gasteiger partial charge in [0.2, 0.25) is 0 Å². The Morgan fingerprint density at radius 2 is 1.89 bits per heavy atom. The Kier molecular flexibility index (Phi) is 4.42. The molecular formula is C14H20FNO2. The van der Waals surface area contributed by atoms with Gasteiger partial charge in [0, 0.05) is 6.04 Å². The van der Waals surface area contributed by atoms with Crippen molar-refractivity contribution in [2.45, 2.75) is 32.0 Å². The molecule has 1 N–H and O–H groups in total. The zero-order valence-electron chi connectivity index (χ0n) is 11.0. The topological polar surface area (TPSA) is 30.5 Å². The van der Waals surface area contributed by atoms with Crippen LogP contribution in [0.4, 0.5) is 4.39 Å². The Hall–Kier alpha value is -1.29. The van der Waals surface area contributed by atoms with Gasteiger partial charge in [0.25, 0.3) is 0 Å². The lowest BCUT2D eigenvalue weighted by Crippen LogP contribution is -2.24. The minimum atomic E-state index is -0.470. The SMILES string of the molecule is COc1cc(CF)c(CC2CCCN2)cc1OC. The second-order valence-corrected chi connectivity index (χ2v) is 4.61. The van der Waals surface area contributed by atoms with Crippen LogP contribution in [0, 0.1) is 0 Å². The van der Waals surface area contributed by atoms with Gasteiger partial charge in [0.1, 0.15) is 6.67 Å². The van der Waals surface area contributed by atoms with E-state index in [0.717, 1.165) is 24.9 Å². The van der Waals surface area contributed by atoms with Crippen molar-refractivity contribution in [1.29, 1.82) is 0 Å². The first kappa shape index (κ1) is 13.1. The monoisotopic (exact) mass is 253 g/mol. The predicted octanol–water partition coefficient (Wildman–Crippen LogP) is 2.47. The van der Waals surface area contributed by atoms with Crippen molar-refractivity contribution >= 4 is 0 Å². The highest BCUT2D eigenvalue weighted by Gasteiger charge is 2.18. The third-order valence-corrected chi connectivity index (χ3v) is 3.48. The van der Waals surface area contributed by atoms with Crippen molar-refractivity contribution in [3.8, 4) is 11.5 Å². The van der Waals surface area contributed by atoms with Crippen LogP contribution in [0.1, 0.15) is 24.0 Å². The Labute approximate surface area is 107 Å². The molecule has 0 amide bonds. The molecule has 1 aromatic rings. The molecule has 0 spiro atoms. The lowest BCUT2D eigenvalue weighted by molar-refractivity contribution is 0.352. The van der Waals surface area contributed by atoms with Crippen molar-refractivity contribution in [3.05, 3.63) is 23.3 Å². The van der Waals surface area contributed by atoms with Crippen LogP contribution in [-0.4, -0.2) is 26.8 Å². The third kappa shape index (κ3) is 2.75. The largest absolute Gasteiger partial charge is 0.493 e. The number of hydrogen-bond donors (Lipinski definition) is 1. The quantitative estimate of drug-likeness (QED) is 0.874. The summed E-state index contributed by atoms with van der Waals surface area (Å²) in [6, 6.07) is 4.09. The van der Waals surface area contributed by atoms with Gasteiger partial charge in [-0.1, -0.05) is 0 Å². The first-order chi connectivity index (χ1) is 8.78. The van der Waals surface area contributed by atoms with E-state index in [9.17, 15) is 4.39 Å². The predicted molar refractivity (Wildman–Crippen MR) is 69.1 cm³/mol. The number of methoxy groups -OCH3 is 2. The average Bonchev–Trinajstić information content (AvgIpc) is 2.91. The second kappa shape index (κ2) is 6.05. The van der Waals surface area contributed by atoms with Gasteiger partial charge in [-0.3, -0.25) is 0 Å². The van der Waals surface area contributed by atoms with Gasteiger partial charge in [-0.2, -0.15) is 0 Å². The van der Waals surface area contributed by atoms with Crippen LogP contribution in [0.2, 0.25) is 0 Å². The first-order valence-electron chi connectivity index (χ1n) is 6.31. The fourth-order valence-electron chi connectivity index (χ4n) is 2.47. The molecule has 0 saturated carbocycles. The van der Waals surface area contributed by atoms with E-state index in [1.54, 1.807) is 20.3 Å². The zero-order valence-corrected chi connectivity index (χ0v) is 11.0. The van der Waals surface area contributed by atoms with Gasteiger partial charge < -0.3 is 14.8 Å². The number of benzene rings is 1. The van der Waals surface area contributed by atoms with Crippen LogP contribution in [0.15, 0.2) is 12.1 Å². The highest BCUT2D eigenvalue weighted by atomic mass is 19.1. The molecule has 1 unspecified atom stereocenters. The van der Waals surface area contributed by atoms with E-state index < -0.39 is 6.67 Å². The summed E-state index contributed by atoms with van der Waals surface area (Å²) in [4.78, 5) is 0. The number of ether oxygens (including phenoxy) is 2. The van der Waals surface area contributed by atoms with Crippen molar-refractivity contribution in [2.75, 3.05) is 20.8 Å². The van der Waals surface area contributed by atoms with Crippen molar-refractivity contribution in [2.24, 2.45) is 0 Å². The van der Waals surface area contributed by atoms with E-state index in [1.807, 2.05) is 6.07 Å². The number of halogens is 1. The summed E-state index contributed by atoms with van der Waals surface area (Å²) < 4.78 is 23.6. The molecule has 1 aliphatic heterocycles. The van der Waals surface area contributed by atoms with Crippen LogP contribution < -0.4 is 14.8 Å². The van der Waals surface area contributed by atoms with Gasteiger partial charge in [-0.05, 0) is 49.1 Å². The molecule has 1 aliphatic rings. The molecule has 0 radical (unpaired) electrons. The maximum atomic E-state index is 13.1. The van der Waals surface area contributed by atoms with Gasteiger partial charge in [-0.25, -0.2) is 4.39 Å². The van der Waals surface area contributed by atoms with E-state index in [4.69, 9.17) is 9.47 Å². The van der Waals surface area contributed by atoms with E-state index in [2.05, 4.69) is 5.32 Å². The van der Waals surface area contributed by atoms with Gasteiger partial charge >= 0.3 is 0 Å². The fraction of sp³-hybridized carbons (Fsp3) is 0.571. The number of hydrogen-bond acceptors (Lipinski definition) is 3. The molecule has 1 saturated heterocycles. The minimum absolute atomic E-state index is 0.452. The third-order valence-electron chi connectivity index (χ3n) is 3.48. The molecular weight excluding hydrogens is 233 g/mol. The summed E-state index contributed by atoms with van der Waals surface area (Å²) in [5, 5.41) is 3.43. The fourth-order valence-corrected chi connectivity index (χ4v) is 2.47. The number of rotatable bonds is 5. The van der Waals surface area contributed by atoms with Crippen LogP contribution in [-0.2, 0) is 13.1 Å². The summed E-state index contributed by atoms with van der Waals surface area (Å²) in [6.07, 6.45) is 3.20. The molecule has 0 aromatic heterocycles. The van der Waals surface area contributed by atoms with Crippen LogP contribution in [0.3, 0.4) is 0 Å². The Bertz CT molecular complexity index is 403. The van der Waals surface area contributed by atoms with Gasteiger partial charge in [-0.15, -0.1) is 0 Å². The maximum Gasteiger partial charge on any atom is 0.161 e. The molecule has 1 aromatic carbocycles. The smallest absolute Gasteiger partial charge is 0.161 e.